The van der Waals surface area contributed by atoms with E-state index in [0.29, 0.717) is 6.61 Å². The van der Waals surface area contributed by atoms with Crippen molar-refractivity contribution in [2.45, 2.75) is 31.9 Å². The van der Waals surface area contributed by atoms with Gasteiger partial charge < -0.3 is 5.11 Å². The number of hydroxylamine groups is 1. The summed E-state index contributed by atoms with van der Waals surface area (Å²) >= 11 is 0. The van der Waals surface area contributed by atoms with Gasteiger partial charge in [0.2, 0.25) is 0 Å². The van der Waals surface area contributed by atoms with Crippen molar-refractivity contribution in [1.82, 2.24) is 5.48 Å². The summed E-state index contributed by atoms with van der Waals surface area (Å²) in [5.41, 5.74) is 2.88. The molecular weight excluding hydrogens is 142 g/mol. The largest absolute Gasteiger partial charge is 0.393 e. The van der Waals surface area contributed by atoms with Gasteiger partial charge in [-0.15, -0.1) is 0 Å². The lowest BCUT2D eigenvalue weighted by Crippen LogP contribution is -2.31. The molecule has 2 unspecified atom stereocenters. The van der Waals surface area contributed by atoms with Gasteiger partial charge in [0, 0.05) is 0 Å². The molecule has 0 fully saturated rings. The minimum absolute atomic E-state index is 0.216. The summed E-state index contributed by atoms with van der Waals surface area (Å²) in [6, 6.07) is 0.276. The van der Waals surface area contributed by atoms with E-state index >= 15 is 0 Å². The van der Waals surface area contributed by atoms with Crippen molar-refractivity contribution in [3.8, 4) is 0 Å². The summed E-state index contributed by atoms with van der Waals surface area (Å²) in [6.45, 7) is 2.44. The van der Waals surface area contributed by atoms with Crippen LogP contribution in [0, 0.1) is 0 Å². The molecule has 0 aromatic carbocycles. The van der Waals surface area contributed by atoms with E-state index in [1.165, 1.54) is 0 Å². The lowest BCUT2D eigenvalue weighted by molar-refractivity contribution is 0.0311. The molecule has 0 amide bonds. The smallest absolute Gasteiger partial charge is 0.0864 e. The Kier molecular flexibility index (Phi) is 3.56. The standard InChI is InChI=1S/C8H15NO2/c1-7(10)4-5-8-3-2-6-11-9-8/h2-3,7-10H,4-6H2,1H3. The zero-order valence-corrected chi connectivity index (χ0v) is 6.79. The zero-order valence-electron chi connectivity index (χ0n) is 6.79. The van der Waals surface area contributed by atoms with Crippen LogP contribution < -0.4 is 5.48 Å². The molecule has 0 spiro atoms. The fourth-order valence-electron chi connectivity index (χ4n) is 1.04. The minimum Gasteiger partial charge on any atom is -0.393 e. The van der Waals surface area contributed by atoms with Crippen molar-refractivity contribution in [1.29, 1.82) is 0 Å². The van der Waals surface area contributed by atoms with Crippen molar-refractivity contribution in [2.75, 3.05) is 6.61 Å². The lowest BCUT2D eigenvalue weighted by atomic mass is 10.1. The Bertz CT molecular complexity index is 134. The number of rotatable bonds is 3. The predicted octanol–water partition coefficient (Wildman–Crippen LogP) is 0.607. The second-order valence-corrected chi connectivity index (χ2v) is 2.89. The number of hydrogen-bond donors (Lipinski definition) is 2. The molecule has 0 radical (unpaired) electrons. The van der Waals surface area contributed by atoms with Crippen molar-refractivity contribution in [2.24, 2.45) is 0 Å². The average molecular weight is 157 g/mol. The number of aliphatic hydroxyl groups excluding tert-OH is 1. The van der Waals surface area contributed by atoms with Crippen LogP contribution in [0.4, 0.5) is 0 Å². The molecule has 1 aliphatic rings. The van der Waals surface area contributed by atoms with Gasteiger partial charge in [0.05, 0.1) is 18.8 Å². The highest BCUT2D eigenvalue weighted by molar-refractivity contribution is 4.94. The SMILES string of the molecule is CC(O)CCC1C=CCON1. The molecule has 0 aromatic heterocycles. The first kappa shape index (κ1) is 8.71. The molecule has 0 bridgehead atoms. The molecule has 0 saturated carbocycles. The van der Waals surface area contributed by atoms with Gasteiger partial charge >= 0.3 is 0 Å². The van der Waals surface area contributed by atoms with Crippen LogP contribution >= 0.6 is 0 Å². The number of nitrogens with one attached hydrogen (secondary N) is 1. The number of hydrogen-bond acceptors (Lipinski definition) is 3. The molecule has 1 aliphatic heterocycles. The van der Waals surface area contributed by atoms with Crippen molar-refractivity contribution >= 4 is 0 Å². The minimum atomic E-state index is -0.216. The Hall–Kier alpha value is -0.380. The van der Waals surface area contributed by atoms with E-state index in [9.17, 15) is 0 Å². The Morgan fingerprint density at radius 1 is 1.82 bits per heavy atom. The van der Waals surface area contributed by atoms with Crippen LogP contribution in [0.5, 0.6) is 0 Å². The predicted molar refractivity (Wildman–Crippen MR) is 42.9 cm³/mol. The van der Waals surface area contributed by atoms with E-state index in [1.807, 2.05) is 6.08 Å². The summed E-state index contributed by atoms with van der Waals surface area (Å²) in [7, 11) is 0. The Balaban J connectivity index is 2.15. The van der Waals surface area contributed by atoms with E-state index in [4.69, 9.17) is 9.94 Å². The van der Waals surface area contributed by atoms with Crippen molar-refractivity contribution in [3.63, 3.8) is 0 Å². The molecule has 2 N–H and O–H groups in total. The second kappa shape index (κ2) is 4.49. The second-order valence-electron chi connectivity index (χ2n) is 2.89. The molecule has 0 saturated heterocycles. The van der Waals surface area contributed by atoms with Gasteiger partial charge in [-0.1, -0.05) is 12.2 Å². The molecule has 3 nitrogen and oxygen atoms in total. The maximum Gasteiger partial charge on any atom is 0.0864 e. The first-order valence-electron chi connectivity index (χ1n) is 4.01. The van der Waals surface area contributed by atoms with Gasteiger partial charge in [0.25, 0.3) is 0 Å². The molecule has 11 heavy (non-hydrogen) atoms. The van der Waals surface area contributed by atoms with E-state index < -0.39 is 0 Å². The summed E-state index contributed by atoms with van der Waals surface area (Å²) < 4.78 is 0. The van der Waals surface area contributed by atoms with Crippen LogP contribution in [0.25, 0.3) is 0 Å². The van der Waals surface area contributed by atoms with Crippen LogP contribution in [0.2, 0.25) is 0 Å². The zero-order chi connectivity index (χ0) is 8.10. The highest BCUT2D eigenvalue weighted by atomic mass is 16.6. The Morgan fingerprint density at radius 2 is 2.64 bits per heavy atom. The molecule has 64 valence electrons. The fraction of sp³-hybridized carbons (Fsp3) is 0.750. The summed E-state index contributed by atoms with van der Waals surface area (Å²) in [5, 5.41) is 8.99. The highest BCUT2D eigenvalue weighted by Crippen LogP contribution is 2.05. The molecule has 1 heterocycles. The third-order valence-corrected chi connectivity index (χ3v) is 1.68. The van der Waals surface area contributed by atoms with Crippen LogP contribution in [0.3, 0.4) is 0 Å². The van der Waals surface area contributed by atoms with E-state index in [0.717, 1.165) is 12.8 Å². The third kappa shape index (κ3) is 3.51. The first-order chi connectivity index (χ1) is 5.29. The first-order valence-corrected chi connectivity index (χ1v) is 4.01. The maximum atomic E-state index is 8.99. The van der Waals surface area contributed by atoms with Crippen molar-refractivity contribution in [3.05, 3.63) is 12.2 Å². The molecule has 0 aromatic rings. The summed E-state index contributed by atoms with van der Waals surface area (Å²) in [6.07, 6.45) is 5.58. The van der Waals surface area contributed by atoms with E-state index in [1.54, 1.807) is 6.92 Å². The molecular formula is C8H15NO2. The monoisotopic (exact) mass is 157 g/mol. The number of aliphatic hydroxyl groups is 1. The molecule has 2 atom stereocenters. The van der Waals surface area contributed by atoms with Crippen LogP contribution in [-0.2, 0) is 4.84 Å². The maximum absolute atomic E-state index is 8.99. The van der Waals surface area contributed by atoms with Gasteiger partial charge in [0.1, 0.15) is 0 Å². The lowest BCUT2D eigenvalue weighted by Gasteiger charge is -2.18. The molecule has 0 aliphatic carbocycles. The van der Waals surface area contributed by atoms with E-state index in [2.05, 4.69) is 11.6 Å². The molecule has 3 heteroatoms. The topological polar surface area (TPSA) is 41.5 Å². The van der Waals surface area contributed by atoms with Crippen LogP contribution in [-0.4, -0.2) is 23.9 Å². The summed E-state index contributed by atoms with van der Waals surface area (Å²) in [4.78, 5) is 5.00. The van der Waals surface area contributed by atoms with E-state index in [-0.39, 0.29) is 12.1 Å². The van der Waals surface area contributed by atoms with Gasteiger partial charge in [0.15, 0.2) is 0 Å². The summed E-state index contributed by atoms with van der Waals surface area (Å²) in [5.74, 6) is 0. The van der Waals surface area contributed by atoms with Gasteiger partial charge in [-0.2, -0.15) is 5.48 Å². The third-order valence-electron chi connectivity index (χ3n) is 1.68. The van der Waals surface area contributed by atoms with Gasteiger partial charge in [-0.05, 0) is 19.8 Å². The van der Waals surface area contributed by atoms with Gasteiger partial charge in [-0.25, -0.2) is 0 Å². The highest BCUT2D eigenvalue weighted by Gasteiger charge is 2.08. The van der Waals surface area contributed by atoms with Crippen LogP contribution in [0.15, 0.2) is 12.2 Å². The quantitative estimate of drug-likeness (QED) is 0.590. The van der Waals surface area contributed by atoms with Gasteiger partial charge in [-0.3, -0.25) is 4.84 Å². The average Bonchev–Trinajstić information content (AvgIpc) is 2.03. The van der Waals surface area contributed by atoms with Crippen LogP contribution in [0.1, 0.15) is 19.8 Å². The normalized spacial score (nSPS) is 26.9. The Labute approximate surface area is 67.0 Å². The van der Waals surface area contributed by atoms with Crippen molar-refractivity contribution < 1.29 is 9.94 Å². The molecule has 1 rings (SSSR count). The Morgan fingerprint density at radius 3 is 3.18 bits per heavy atom. The fourth-order valence-corrected chi connectivity index (χ4v) is 1.04.